The average molecular weight is 337 g/mol. The number of aromatic carboxylic acids is 1. The highest BCUT2D eigenvalue weighted by Crippen LogP contribution is 2.26. The fourth-order valence-corrected chi connectivity index (χ4v) is 3.34. The van der Waals surface area contributed by atoms with Crippen molar-refractivity contribution in [2.45, 2.75) is 4.90 Å². The molecule has 0 spiro atoms. The molecule has 1 heterocycles. The molecule has 0 atom stereocenters. The average Bonchev–Trinajstić information content (AvgIpc) is 2.83. The Balaban J connectivity index is 2.49. The van der Waals surface area contributed by atoms with Gasteiger partial charge in [0.2, 0.25) is 0 Å². The van der Waals surface area contributed by atoms with Crippen molar-refractivity contribution in [3.63, 3.8) is 0 Å². The summed E-state index contributed by atoms with van der Waals surface area (Å²) in [6, 6.07) is 1.42. The number of benzene rings is 1. The molecule has 6 nitrogen and oxygen atoms in total. The normalized spacial score (nSPS) is 11.3. The Morgan fingerprint density at radius 1 is 1.45 bits per heavy atom. The molecule has 0 aliphatic carbocycles. The van der Waals surface area contributed by atoms with E-state index in [9.17, 15) is 17.6 Å². The predicted molar refractivity (Wildman–Crippen MR) is 71.3 cm³/mol. The van der Waals surface area contributed by atoms with Gasteiger partial charge in [0.25, 0.3) is 10.0 Å². The Bertz CT molecular complexity index is 762. The Morgan fingerprint density at radius 3 is 2.70 bits per heavy atom. The van der Waals surface area contributed by atoms with E-state index >= 15 is 0 Å². The molecule has 10 heteroatoms. The molecule has 0 fully saturated rings. The van der Waals surface area contributed by atoms with Gasteiger partial charge in [-0.25, -0.2) is 22.6 Å². The predicted octanol–water partition coefficient (Wildman–Crippen LogP) is 2.43. The smallest absolute Gasteiger partial charge is 0.337 e. The molecule has 2 rings (SSSR count). The lowest BCUT2D eigenvalue weighted by Crippen LogP contribution is -2.14. The van der Waals surface area contributed by atoms with Gasteiger partial charge in [0.1, 0.15) is 5.82 Å². The van der Waals surface area contributed by atoms with Crippen molar-refractivity contribution in [1.82, 2.24) is 4.98 Å². The summed E-state index contributed by atoms with van der Waals surface area (Å²) in [7, 11) is -4.14. The summed E-state index contributed by atoms with van der Waals surface area (Å²) in [5.41, 5.74) is -0.633. The van der Waals surface area contributed by atoms with E-state index in [1.54, 1.807) is 5.38 Å². The maximum absolute atomic E-state index is 13.5. The van der Waals surface area contributed by atoms with Crippen LogP contribution in [-0.2, 0) is 10.0 Å². The molecule has 0 radical (unpaired) electrons. The van der Waals surface area contributed by atoms with Crippen LogP contribution in [0.1, 0.15) is 10.4 Å². The van der Waals surface area contributed by atoms with Gasteiger partial charge in [-0.2, -0.15) is 0 Å². The van der Waals surface area contributed by atoms with Crippen LogP contribution in [0.15, 0.2) is 28.6 Å². The molecule has 2 aromatic rings. The first-order valence-corrected chi connectivity index (χ1v) is 7.70. The number of hydrogen-bond donors (Lipinski definition) is 2. The van der Waals surface area contributed by atoms with Crippen molar-refractivity contribution in [3.8, 4) is 0 Å². The maximum Gasteiger partial charge on any atom is 0.337 e. The summed E-state index contributed by atoms with van der Waals surface area (Å²) < 4.78 is 39.6. The van der Waals surface area contributed by atoms with Crippen molar-refractivity contribution in [1.29, 1.82) is 0 Å². The molecule has 0 amide bonds. The molecule has 0 aliphatic rings. The second kappa shape index (κ2) is 5.35. The highest BCUT2D eigenvalue weighted by Gasteiger charge is 2.22. The van der Waals surface area contributed by atoms with Crippen LogP contribution < -0.4 is 4.72 Å². The van der Waals surface area contributed by atoms with Crippen LogP contribution in [0.5, 0.6) is 0 Å². The zero-order valence-corrected chi connectivity index (χ0v) is 11.9. The molecular weight excluding hydrogens is 331 g/mol. The van der Waals surface area contributed by atoms with E-state index in [0.29, 0.717) is 6.07 Å². The van der Waals surface area contributed by atoms with E-state index in [4.69, 9.17) is 16.7 Å². The van der Waals surface area contributed by atoms with Crippen LogP contribution in [-0.4, -0.2) is 24.5 Å². The zero-order chi connectivity index (χ0) is 14.9. The number of anilines is 1. The monoisotopic (exact) mass is 336 g/mol. The number of carboxylic acid groups (broad SMARTS) is 1. The molecule has 1 aromatic heterocycles. The van der Waals surface area contributed by atoms with Crippen LogP contribution in [0.25, 0.3) is 0 Å². The molecule has 0 saturated carbocycles. The number of sulfonamides is 1. The molecule has 0 aliphatic heterocycles. The van der Waals surface area contributed by atoms with E-state index < -0.39 is 37.3 Å². The second-order valence-corrected chi connectivity index (χ2v) is 6.47. The number of thiazole rings is 1. The first kappa shape index (κ1) is 14.7. The largest absolute Gasteiger partial charge is 0.478 e. The number of rotatable bonds is 4. The third-order valence-electron chi connectivity index (χ3n) is 2.20. The topological polar surface area (TPSA) is 96.4 Å². The Hall–Kier alpha value is -1.71. The quantitative estimate of drug-likeness (QED) is 0.893. The van der Waals surface area contributed by atoms with Gasteiger partial charge in [-0.05, 0) is 12.1 Å². The van der Waals surface area contributed by atoms with Gasteiger partial charge in [-0.1, -0.05) is 11.6 Å². The Morgan fingerprint density at radius 2 is 2.15 bits per heavy atom. The SMILES string of the molecule is O=C(O)c1cc(S(=O)(=O)Nc2nccs2)cc(F)c1Cl. The zero-order valence-electron chi connectivity index (χ0n) is 9.50. The maximum atomic E-state index is 13.5. The fourth-order valence-electron chi connectivity index (χ4n) is 1.32. The van der Waals surface area contributed by atoms with Crippen LogP contribution >= 0.6 is 22.9 Å². The highest BCUT2D eigenvalue weighted by molar-refractivity contribution is 7.93. The van der Waals surface area contributed by atoms with E-state index in [0.717, 1.165) is 17.4 Å². The molecule has 106 valence electrons. The summed E-state index contributed by atoms with van der Waals surface area (Å²) in [6.45, 7) is 0. The minimum absolute atomic E-state index is 0.0808. The number of nitrogens with zero attached hydrogens (tertiary/aromatic N) is 1. The van der Waals surface area contributed by atoms with Crippen molar-refractivity contribution in [2.75, 3.05) is 4.72 Å². The summed E-state index contributed by atoms with van der Waals surface area (Å²) in [5.74, 6) is -2.66. The van der Waals surface area contributed by atoms with E-state index in [1.807, 2.05) is 0 Å². The van der Waals surface area contributed by atoms with Gasteiger partial charge in [-0.3, -0.25) is 4.72 Å². The van der Waals surface area contributed by atoms with Crippen molar-refractivity contribution < 1.29 is 22.7 Å². The van der Waals surface area contributed by atoms with E-state index in [1.165, 1.54) is 6.20 Å². The molecule has 20 heavy (non-hydrogen) atoms. The molecular formula is C10H6ClFN2O4S2. The lowest BCUT2D eigenvalue weighted by molar-refractivity contribution is 0.0696. The third-order valence-corrected chi connectivity index (χ3v) is 4.72. The lowest BCUT2D eigenvalue weighted by Gasteiger charge is -2.08. The number of carboxylic acids is 1. The lowest BCUT2D eigenvalue weighted by atomic mass is 10.2. The van der Waals surface area contributed by atoms with Gasteiger partial charge in [-0.15, -0.1) is 11.3 Å². The van der Waals surface area contributed by atoms with Crippen LogP contribution in [0.4, 0.5) is 9.52 Å². The van der Waals surface area contributed by atoms with Gasteiger partial charge < -0.3 is 5.11 Å². The Labute approximate surface area is 121 Å². The van der Waals surface area contributed by atoms with Gasteiger partial charge in [0, 0.05) is 11.6 Å². The minimum atomic E-state index is -4.14. The first-order chi connectivity index (χ1) is 9.31. The molecule has 0 bridgehead atoms. The van der Waals surface area contributed by atoms with E-state index in [2.05, 4.69) is 9.71 Å². The molecule has 1 aromatic carbocycles. The number of carbonyl (C=O) groups is 1. The van der Waals surface area contributed by atoms with Crippen molar-refractivity contribution >= 4 is 44.1 Å². The summed E-state index contributed by atoms with van der Waals surface area (Å²) in [5, 5.41) is 9.84. The minimum Gasteiger partial charge on any atom is -0.478 e. The number of nitrogens with one attached hydrogen (secondary N) is 1. The number of halogens is 2. The standard InChI is InChI=1S/C10H6ClFN2O4S2/c11-8-6(9(15)16)3-5(4-7(8)12)20(17,18)14-10-13-1-2-19-10/h1-4H,(H,13,14)(H,15,16). The van der Waals surface area contributed by atoms with E-state index in [-0.39, 0.29) is 5.13 Å². The number of hydrogen-bond acceptors (Lipinski definition) is 5. The molecule has 0 unspecified atom stereocenters. The highest BCUT2D eigenvalue weighted by atomic mass is 35.5. The van der Waals surface area contributed by atoms with Gasteiger partial charge in [0.15, 0.2) is 5.13 Å². The molecule has 0 saturated heterocycles. The molecule has 2 N–H and O–H groups in total. The Kier molecular flexibility index (Phi) is 3.93. The fraction of sp³-hybridized carbons (Fsp3) is 0. The van der Waals surface area contributed by atoms with Crippen molar-refractivity contribution in [2.24, 2.45) is 0 Å². The van der Waals surface area contributed by atoms with Crippen LogP contribution in [0.3, 0.4) is 0 Å². The summed E-state index contributed by atoms with van der Waals surface area (Å²) >= 11 is 6.50. The van der Waals surface area contributed by atoms with Crippen LogP contribution in [0, 0.1) is 5.82 Å². The van der Waals surface area contributed by atoms with Crippen LogP contribution in [0.2, 0.25) is 5.02 Å². The summed E-state index contributed by atoms with van der Waals surface area (Å²) in [6.07, 6.45) is 1.38. The second-order valence-electron chi connectivity index (χ2n) is 3.51. The van der Waals surface area contributed by atoms with Gasteiger partial charge >= 0.3 is 5.97 Å². The number of aromatic nitrogens is 1. The third kappa shape index (κ3) is 2.89. The van der Waals surface area contributed by atoms with Crippen molar-refractivity contribution in [3.05, 3.63) is 40.1 Å². The first-order valence-electron chi connectivity index (χ1n) is 4.96. The van der Waals surface area contributed by atoms with Gasteiger partial charge in [0.05, 0.1) is 15.5 Å². The summed E-state index contributed by atoms with van der Waals surface area (Å²) in [4.78, 5) is 14.1.